The van der Waals surface area contributed by atoms with Crippen LogP contribution in [0.15, 0.2) is 0 Å². The van der Waals surface area contributed by atoms with Gasteiger partial charge < -0.3 is 0 Å². The zero-order chi connectivity index (χ0) is 51.2. The average molecular weight is 976 g/mol. The van der Waals surface area contributed by atoms with E-state index in [9.17, 15) is 0 Å². The van der Waals surface area contributed by atoms with Crippen molar-refractivity contribution in [2.24, 2.45) is 41.4 Å². The number of rotatable bonds is 0. The second-order valence-corrected chi connectivity index (χ2v) is 32.4. The third kappa shape index (κ3) is 15.0. The quantitative estimate of drug-likeness (QED) is 0.239. The van der Waals surface area contributed by atoms with E-state index in [2.05, 4.69) is 154 Å². The first-order valence-corrected chi connectivity index (χ1v) is 31.0. The number of hydrogen-bond donors (Lipinski definition) is 0. The molecule has 9 aliphatic heterocycles. The van der Waals surface area contributed by atoms with Gasteiger partial charge >= 0.3 is 0 Å². The zero-order valence-electron chi connectivity index (χ0n) is 50.4. The first-order valence-electron chi connectivity index (χ1n) is 31.0. The van der Waals surface area contributed by atoms with Crippen LogP contribution >= 0.6 is 0 Å². The third-order valence-corrected chi connectivity index (χ3v) is 20.8. The molecule has 9 heterocycles. The van der Waals surface area contributed by atoms with Crippen molar-refractivity contribution in [2.75, 3.05) is 45.8 Å². The summed E-state index contributed by atoms with van der Waals surface area (Å²) in [4.78, 5) is 16.2. The molecule has 15 fully saturated rings. The van der Waals surface area contributed by atoms with Crippen molar-refractivity contribution in [1.82, 2.24) is 29.4 Å². The largest absolute Gasteiger partial charge is 0.298 e. The highest BCUT2D eigenvalue weighted by Gasteiger charge is 2.47. The lowest BCUT2D eigenvalue weighted by molar-refractivity contribution is -0.0163. The topological polar surface area (TPSA) is 19.4 Å². The Morgan fingerprint density at radius 2 is 0.514 bits per heavy atom. The smallest absolute Gasteiger partial charge is 0.0128 e. The van der Waals surface area contributed by atoms with Crippen LogP contribution in [-0.2, 0) is 0 Å². The van der Waals surface area contributed by atoms with Crippen molar-refractivity contribution >= 4 is 0 Å². The maximum Gasteiger partial charge on any atom is 0.0128 e. The molecular weight excluding hydrogens is 853 g/mol. The van der Waals surface area contributed by atoms with Crippen molar-refractivity contribution in [2.45, 2.75) is 323 Å². The zero-order valence-corrected chi connectivity index (χ0v) is 50.4. The van der Waals surface area contributed by atoms with E-state index in [0.717, 1.165) is 71.6 Å². The van der Waals surface area contributed by atoms with Crippen molar-refractivity contribution in [3.05, 3.63) is 0 Å². The van der Waals surface area contributed by atoms with Crippen molar-refractivity contribution in [3.63, 3.8) is 0 Å². The summed E-state index contributed by atoms with van der Waals surface area (Å²) in [5.74, 6) is 7.26. The van der Waals surface area contributed by atoms with E-state index in [4.69, 9.17) is 0 Å². The van der Waals surface area contributed by atoms with Crippen LogP contribution in [0.2, 0.25) is 0 Å². The molecule has 0 N–H and O–H groups in total. The monoisotopic (exact) mass is 975 g/mol. The maximum absolute atomic E-state index is 2.76. The van der Waals surface area contributed by atoms with E-state index in [1.807, 2.05) is 0 Å². The van der Waals surface area contributed by atoms with E-state index < -0.39 is 0 Å². The number of piperidine rings is 4. The van der Waals surface area contributed by atoms with Gasteiger partial charge in [-0.3, -0.25) is 29.4 Å². The molecule has 70 heavy (non-hydrogen) atoms. The minimum absolute atomic E-state index is 0.397. The molecule has 6 aliphatic carbocycles. The van der Waals surface area contributed by atoms with Crippen LogP contribution in [0.4, 0.5) is 0 Å². The predicted molar refractivity (Wildman–Crippen MR) is 304 cm³/mol. The van der Waals surface area contributed by atoms with Gasteiger partial charge in [0.05, 0.1) is 0 Å². The highest BCUT2D eigenvalue weighted by atomic mass is 15.3. The summed E-state index contributed by atoms with van der Waals surface area (Å²) in [6.45, 7) is 51.8. The van der Waals surface area contributed by atoms with Gasteiger partial charge in [0.25, 0.3) is 0 Å². The van der Waals surface area contributed by atoms with Gasteiger partial charge in [0.15, 0.2) is 0 Å². The Hall–Kier alpha value is -0.240. The molecule has 15 aliphatic rings. The second kappa shape index (κ2) is 22.8. The number of fused-ring (bicyclic) bond motifs is 13. The first kappa shape index (κ1) is 57.5. The van der Waals surface area contributed by atoms with Crippen molar-refractivity contribution in [1.29, 1.82) is 0 Å². The molecule has 8 atom stereocenters. The number of nitrogens with zero attached hydrogens (tertiary/aromatic N) is 6. The fourth-order valence-electron chi connectivity index (χ4n) is 16.8. The lowest BCUT2D eigenvalue weighted by Gasteiger charge is -2.51. The summed E-state index contributed by atoms with van der Waals surface area (Å²) in [6.07, 6.45) is 31.1. The van der Waals surface area contributed by atoms with Gasteiger partial charge in [-0.25, -0.2) is 0 Å². The Balaban J connectivity index is 0.000000124. The molecule has 6 nitrogen and oxygen atoms in total. The van der Waals surface area contributed by atoms with E-state index in [1.54, 1.807) is 0 Å². The molecule has 0 aromatic heterocycles. The SMILES string of the molecule is CC(C)(C)N1CC2CC1C2.CC(C)(C)N1CC2CCC1C2.CC(C)(C)N1CC2CCC1CC2.CC(C)(C)N1CC2CCCC1C2.CC(C)(C)N1CC2CCCC1CC2.CC(C)(C)N1C[C@H]2CCC[C@H]2C1. The molecule has 15 rings (SSSR count). The lowest BCUT2D eigenvalue weighted by atomic mass is 9.78. The predicted octanol–water partition coefficient (Wildman–Crippen LogP) is 15.0. The Morgan fingerprint density at radius 1 is 0.229 bits per heavy atom. The van der Waals surface area contributed by atoms with Gasteiger partial charge in [-0.1, -0.05) is 19.3 Å². The van der Waals surface area contributed by atoms with E-state index in [-0.39, 0.29) is 0 Å². The highest BCUT2D eigenvalue weighted by Crippen LogP contribution is 2.45. The molecule has 0 spiro atoms. The van der Waals surface area contributed by atoms with Gasteiger partial charge in [0, 0.05) is 109 Å². The first-order chi connectivity index (χ1) is 32.4. The van der Waals surface area contributed by atoms with Crippen molar-refractivity contribution in [3.8, 4) is 0 Å². The summed E-state index contributed by atoms with van der Waals surface area (Å²) in [5.41, 5.74) is 2.46. The summed E-state index contributed by atoms with van der Waals surface area (Å²) in [5, 5.41) is 0. The minimum Gasteiger partial charge on any atom is -0.298 e. The van der Waals surface area contributed by atoms with Crippen LogP contribution in [0.25, 0.3) is 0 Å². The van der Waals surface area contributed by atoms with Crippen LogP contribution in [0, 0.1) is 41.4 Å². The van der Waals surface area contributed by atoms with E-state index >= 15 is 0 Å². The van der Waals surface area contributed by atoms with Gasteiger partial charge in [-0.05, 0) is 282 Å². The molecule has 9 saturated heterocycles. The number of likely N-dealkylation sites (tertiary alicyclic amines) is 3. The molecule has 10 bridgehead atoms. The Labute approximate surface area is 437 Å². The second-order valence-electron chi connectivity index (χ2n) is 32.4. The lowest BCUT2D eigenvalue weighted by Crippen LogP contribution is -2.56. The molecule has 0 radical (unpaired) electrons. The average Bonchev–Trinajstić information content (AvgIpc) is 4.13. The van der Waals surface area contributed by atoms with Crippen LogP contribution in [0.3, 0.4) is 0 Å². The van der Waals surface area contributed by atoms with Gasteiger partial charge in [0.2, 0.25) is 0 Å². The summed E-state index contributed by atoms with van der Waals surface area (Å²) < 4.78 is 0. The molecular formula is C64H122N6. The van der Waals surface area contributed by atoms with Crippen molar-refractivity contribution < 1.29 is 0 Å². The normalized spacial score (nSPS) is 37.6. The maximum atomic E-state index is 2.76. The fourth-order valence-corrected chi connectivity index (χ4v) is 16.8. The minimum atomic E-state index is 0.397. The molecule has 0 aromatic rings. The fraction of sp³-hybridized carbons (Fsp3) is 1.00. The Morgan fingerprint density at radius 3 is 0.871 bits per heavy atom. The Kier molecular flexibility index (Phi) is 18.7. The molecule has 0 amide bonds. The van der Waals surface area contributed by atoms with Crippen LogP contribution < -0.4 is 0 Å². The summed E-state index contributed by atoms with van der Waals surface area (Å²) in [6, 6.07) is 4.61. The highest BCUT2D eigenvalue weighted by molar-refractivity contribution is 5.02. The van der Waals surface area contributed by atoms with Crippen LogP contribution in [0.1, 0.15) is 259 Å². The van der Waals surface area contributed by atoms with E-state index in [1.165, 1.54) is 181 Å². The van der Waals surface area contributed by atoms with Gasteiger partial charge in [-0.15, -0.1) is 0 Å². The molecule has 408 valence electrons. The number of hydrogen-bond acceptors (Lipinski definition) is 6. The summed E-state index contributed by atoms with van der Waals surface area (Å²) >= 11 is 0. The van der Waals surface area contributed by atoms with Gasteiger partial charge in [-0.2, -0.15) is 0 Å². The molecule has 6 heteroatoms. The Bertz CT molecular complexity index is 1540. The summed E-state index contributed by atoms with van der Waals surface area (Å²) in [7, 11) is 0. The standard InChI is InChI=1S/C12H23N.3C11H21N.C10H19N.C9H17N/c1-12(2,3)13-9-10-5-4-6-11(13)8-7-10;1-11(2,3)12-8-9-4-6-10(12)7-5-9;1-11(2,3)12-7-9-5-4-6-10(9)8-12;1-11(2,3)12-8-9-5-4-6-10(12)7-9;1-10(2,3)11-7-8-4-5-9(11)6-8;1-9(2,3)10-6-7-4-8(10)5-7/h10-11H,4-9H2,1-3H3;3*9-10H,4-8H2,1-3H3;8-9H,4-7H2,1-3H3;7-8H,4-6H2,1-3H3/t;;9-,10+;;;. The molecule has 6 unspecified atom stereocenters. The molecule has 0 aromatic carbocycles. The van der Waals surface area contributed by atoms with E-state index in [0.29, 0.717) is 33.2 Å². The van der Waals surface area contributed by atoms with Gasteiger partial charge in [0.1, 0.15) is 0 Å². The molecule has 6 saturated carbocycles. The third-order valence-electron chi connectivity index (χ3n) is 20.8. The van der Waals surface area contributed by atoms with Crippen LogP contribution in [-0.4, -0.2) is 139 Å². The van der Waals surface area contributed by atoms with Crippen LogP contribution in [0.5, 0.6) is 0 Å².